The summed E-state index contributed by atoms with van der Waals surface area (Å²) in [5.41, 5.74) is 4.85. The zero-order valence-corrected chi connectivity index (χ0v) is 16.5. The Hall–Kier alpha value is -3.13. The van der Waals surface area contributed by atoms with Gasteiger partial charge in [0, 0.05) is 43.4 Å². The van der Waals surface area contributed by atoms with E-state index in [9.17, 15) is 9.18 Å². The number of aromatic nitrogens is 1. The van der Waals surface area contributed by atoms with Gasteiger partial charge in [-0.2, -0.15) is 0 Å². The number of carbonyl (C=O) groups excluding carboxylic acids is 1. The summed E-state index contributed by atoms with van der Waals surface area (Å²) < 4.78 is 13.6. The summed E-state index contributed by atoms with van der Waals surface area (Å²) in [6.07, 6.45) is 4.07. The van der Waals surface area contributed by atoms with Crippen molar-refractivity contribution in [2.75, 3.05) is 25.0 Å². The highest BCUT2D eigenvalue weighted by molar-refractivity contribution is 5.78. The van der Waals surface area contributed by atoms with E-state index in [0.29, 0.717) is 26.1 Å². The molecule has 4 nitrogen and oxygen atoms in total. The molecule has 2 aliphatic heterocycles. The normalized spacial score (nSPS) is 17.8. The van der Waals surface area contributed by atoms with Crippen LogP contribution in [0.2, 0.25) is 0 Å². The van der Waals surface area contributed by atoms with Gasteiger partial charge < -0.3 is 10.2 Å². The predicted molar refractivity (Wildman–Crippen MR) is 112 cm³/mol. The quantitative estimate of drug-likeness (QED) is 0.789. The third-order valence-electron chi connectivity index (χ3n) is 5.54. The van der Waals surface area contributed by atoms with E-state index in [4.69, 9.17) is 0 Å². The summed E-state index contributed by atoms with van der Waals surface area (Å²) in [5, 5.41) is 3.27. The Bertz CT molecular complexity index is 1010. The van der Waals surface area contributed by atoms with Crippen molar-refractivity contribution in [3.05, 3.63) is 70.8 Å². The van der Waals surface area contributed by atoms with Crippen LogP contribution in [0, 0.1) is 24.6 Å². The molecular weight excluding hydrogens is 365 g/mol. The van der Waals surface area contributed by atoms with Crippen LogP contribution < -0.4 is 5.32 Å². The number of nitrogens with one attached hydrogen (secondary N) is 1. The van der Waals surface area contributed by atoms with Gasteiger partial charge in [-0.25, -0.2) is 9.37 Å². The van der Waals surface area contributed by atoms with E-state index in [0.717, 1.165) is 35.5 Å². The van der Waals surface area contributed by atoms with Crippen molar-refractivity contribution in [1.82, 2.24) is 9.88 Å². The molecule has 2 aliphatic rings. The van der Waals surface area contributed by atoms with E-state index in [2.05, 4.69) is 22.1 Å². The van der Waals surface area contributed by atoms with Crippen molar-refractivity contribution < 1.29 is 9.18 Å². The Balaban J connectivity index is 1.31. The van der Waals surface area contributed by atoms with Crippen LogP contribution >= 0.6 is 0 Å². The number of fused-ring (bicyclic) bond motifs is 1. The average Bonchev–Trinajstić information content (AvgIpc) is 3.10. The predicted octanol–water partition coefficient (Wildman–Crippen LogP) is 4.03. The molecule has 4 rings (SSSR count). The summed E-state index contributed by atoms with van der Waals surface area (Å²) in [7, 11) is 0. The summed E-state index contributed by atoms with van der Waals surface area (Å²) in [6, 6.07) is 10.6. The molecule has 0 radical (unpaired) electrons. The zero-order chi connectivity index (χ0) is 20.2. The number of anilines is 1. The summed E-state index contributed by atoms with van der Waals surface area (Å²) in [4.78, 5) is 19.0. The number of halogens is 1. The number of pyridine rings is 1. The maximum absolute atomic E-state index is 13.6. The molecule has 29 heavy (non-hydrogen) atoms. The minimum Gasteiger partial charge on any atom is -0.384 e. The summed E-state index contributed by atoms with van der Waals surface area (Å²) in [6.45, 7) is 4.07. The molecule has 1 aromatic carbocycles. The van der Waals surface area contributed by atoms with Gasteiger partial charge in [0.2, 0.25) is 5.91 Å². The molecule has 0 spiro atoms. The number of aryl methyl sites for hydroxylation is 1. The first kappa shape index (κ1) is 19.2. The maximum atomic E-state index is 13.6. The van der Waals surface area contributed by atoms with Crippen molar-refractivity contribution in [2.45, 2.75) is 32.1 Å². The Labute approximate surface area is 170 Å². The second kappa shape index (κ2) is 8.48. The van der Waals surface area contributed by atoms with E-state index in [1.54, 1.807) is 12.1 Å². The van der Waals surface area contributed by atoms with Crippen LogP contribution in [0.3, 0.4) is 0 Å². The smallest absolute Gasteiger partial charge is 0.223 e. The molecule has 1 atom stereocenters. The van der Waals surface area contributed by atoms with Gasteiger partial charge in [-0.3, -0.25) is 4.79 Å². The van der Waals surface area contributed by atoms with Crippen LogP contribution in [0.15, 0.2) is 48.0 Å². The summed E-state index contributed by atoms with van der Waals surface area (Å²) >= 11 is 0. The summed E-state index contributed by atoms with van der Waals surface area (Å²) in [5.74, 6) is 6.10. The Morgan fingerprint density at radius 2 is 2.14 bits per heavy atom. The van der Waals surface area contributed by atoms with E-state index in [1.807, 2.05) is 36.1 Å². The van der Waals surface area contributed by atoms with Crippen molar-refractivity contribution in [2.24, 2.45) is 0 Å². The molecule has 1 unspecified atom stereocenters. The van der Waals surface area contributed by atoms with Gasteiger partial charge in [-0.15, -0.1) is 0 Å². The molecule has 1 fully saturated rings. The molecule has 2 aromatic rings. The molecule has 0 bridgehead atoms. The zero-order valence-electron chi connectivity index (χ0n) is 16.5. The highest BCUT2D eigenvalue weighted by Crippen LogP contribution is 2.34. The van der Waals surface area contributed by atoms with Crippen LogP contribution in [0.1, 0.15) is 42.1 Å². The number of hydrogen-bond donors (Lipinski definition) is 1. The molecule has 3 heterocycles. The van der Waals surface area contributed by atoms with Gasteiger partial charge in [0.1, 0.15) is 11.5 Å². The molecule has 5 heteroatoms. The molecule has 0 aliphatic carbocycles. The number of allylic oxidation sites excluding steroid dienone is 1. The Morgan fingerprint density at radius 3 is 2.93 bits per heavy atom. The van der Waals surface area contributed by atoms with Crippen molar-refractivity contribution in [3.8, 4) is 11.8 Å². The van der Waals surface area contributed by atoms with Gasteiger partial charge in [-0.05, 0) is 67.7 Å². The monoisotopic (exact) mass is 389 g/mol. The lowest BCUT2D eigenvalue weighted by atomic mass is 9.96. The molecular formula is C24H24FN3O. The SMILES string of the molecule is Cc1cccc(C#CC=C2CCN(C(=O)CC3CNc4ccc(F)cc43)CC2)n1. The minimum atomic E-state index is -0.250. The number of carbonyl (C=O) groups is 1. The lowest BCUT2D eigenvalue weighted by molar-refractivity contribution is -0.131. The number of amides is 1. The number of likely N-dealkylation sites (tertiary alicyclic amines) is 1. The van der Waals surface area contributed by atoms with Gasteiger partial charge in [0.15, 0.2) is 0 Å². The van der Waals surface area contributed by atoms with E-state index < -0.39 is 0 Å². The fourth-order valence-corrected chi connectivity index (χ4v) is 3.91. The van der Waals surface area contributed by atoms with Crippen LogP contribution in [0.4, 0.5) is 10.1 Å². The molecule has 148 valence electrons. The maximum Gasteiger partial charge on any atom is 0.223 e. The Morgan fingerprint density at radius 1 is 1.31 bits per heavy atom. The average molecular weight is 389 g/mol. The molecule has 1 saturated heterocycles. The highest BCUT2D eigenvalue weighted by Gasteiger charge is 2.28. The second-order valence-electron chi connectivity index (χ2n) is 7.63. The van der Waals surface area contributed by atoms with Crippen molar-refractivity contribution in [3.63, 3.8) is 0 Å². The van der Waals surface area contributed by atoms with E-state index in [1.165, 1.54) is 11.6 Å². The fourth-order valence-electron chi connectivity index (χ4n) is 3.91. The first-order valence-corrected chi connectivity index (χ1v) is 10.0. The number of hydrogen-bond acceptors (Lipinski definition) is 3. The standard InChI is InChI=1S/C24H24FN3O/c1-17-4-2-6-21(27-17)7-3-5-18-10-12-28(13-11-18)24(29)14-19-16-26-23-9-8-20(25)15-22(19)23/h2,4-6,8-9,15,19,26H,10-14,16H2,1H3. The third kappa shape index (κ3) is 4.65. The number of piperidine rings is 1. The largest absolute Gasteiger partial charge is 0.384 e. The number of benzene rings is 1. The first-order valence-electron chi connectivity index (χ1n) is 10.0. The second-order valence-corrected chi connectivity index (χ2v) is 7.63. The van der Waals surface area contributed by atoms with Crippen molar-refractivity contribution >= 4 is 11.6 Å². The van der Waals surface area contributed by atoms with Gasteiger partial charge >= 0.3 is 0 Å². The number of rotatable bonds is 2. The lowest BCUT2D eigenvalue weighted by Gasteiger charge is -2.29. The van der Waals surface area contributed by atoms with Crippen LogP contribution in [-0.4, -0.2) is 35.4 Å². The van der Waals surface area contributed by atoms with Gasteiger partial charge in [0.05, 0.1) is 0 Å². The van der Waals surface area contributed by atoms with Gasteiger partial charge in [0.25, 0.3) is 0 Å². The topological polar surface area (TPSA) is 45.2 Å². The highest BCUT2D eigenvalue weighted by atomic mass is 19.1. The molecule has 1 N–H and O–H groups in total. The van der Waals surface area contributed by atoms with E-state index >= 15 is 0 Å². The third-order valence-corrected chi connectivity index (χ3v) is 5.54. The lowest BCUT2D eigenvalue weighted by Crippen LogP contribution is -2.37. The van der Waals surface area contributed by atoms with Crippen LogP contribution in [-0.2, 0) is 4.79 Å². The Kier molecular flexibility index (Phi) is 5.62. The minimum absolute atomic E-state index is 0.0397. The molecule has 1 amide bonds. The van der Waals surface area contributed by atoms with Gasteiger partial charge in [-0.1, -0.05) is 17.6 Å². The molecule has 1 aromatic heterocycles. The van der Waals surface area contributed by atoms with Crippen molar-refractivity contribution in [1.29, 1.82) is 0 Å². The fraction of sp³-hybridized carbons (Fsp3) is 0.333. The van der Waals surface area contributed by atoms with Crippen LogP contribution in [0.25, 0.3) is 0 Å². The number of nitrogens with zero attached hydrogens (tertiary/aromatic N) is 2. The first-order chi connectivity index (χ1) is 14.1. The van der Waals surface area contributed by atoms with Crippen LogP contribution in [0.5, 0.6) is 0 Å². The molecule has 0 saturated carbocycles. The van der Waals surface area contributed by atoms with E-state index in [-0.39, 0.29) is 17.6 Å².